The molecule has 248 valence electrons. The van der Waals surface area contributed by atoms with Crippen LogP contribution in [0, 0.1) is 25.2 Å². The largest absolute Gasteiger partial charge is 0.493 e. The van der Waals surface area contributed by atoms with Crippen molar-refractivity contribution in [2.45, 2.75) is 76.5 Å². The monoisotopic (exact) mass is 635 g/mol. The molecule has 1 fully saturated rings. The van der Waals surface area contributed by atoms with Gasteiger partial charge in [0.15, 0.2) is 35.6 Å². The van der Waals surface area contributed by atoms with Gasteiger partial charge in [-0.1, -0.05) is 18.7 Å². The molecule has 0 aromatic heterocycles. The molecule has 2 aromatic rings. The molecule has 4 heterocycles. The van der Waals surface area contributed by atoms with Crippen molar-refractivity contribution in [3.63, 3.8) is 0 Å². The third kappa shape index (κ3) is 5.07. The van der Waals surface area contributed by atoms with Crippen LogP contribution in [0.1, 0.15) is 59.3 Å². The summed E-state index contributed by atoms with van der Waals surface area (Å²) in [5.74, 6) is 2.60. The number of rotatable bonds is 11. The van der Waals surface area contributed by atoms with E-state index in [0.29, 0.717) is 42.4 Å². The number of fused-ring (bicyclic) bond motifs is 9. The van der Waals surface area contributed by atoms with Gasteiger partial charge < -0.3 is 37.9 Å². The zero-order valence-electron chi connectivity index (χ0n) is 28.1. The number of hydrogen-bond acceptors (Lipinski definition) is 11. The second-order valence-electron chi connectivity index (χ2n) is 12.8. The zero-order valence-corrected chi connectivity index (χ0v) is 28.1. The van der Waals surface area contributed by atoms with E-state index in [9.17, 15) is 5.26 Å². The van der Waals surface area contributed by atoms with Crippen LogP contribution in [0.25, 0.3) is 0 Å². The summed E-state index contributed by atoms with van der Waals surface area (Å²) in [6.07, 6.45) is 2.99. The number of nitrogens with zero attached hydrogens (tertiary/aromatic N) is 3. The number of likely N-dealkylation sites (N-methyl/N-ethyl adjacent to an activating group) is 1. The van der Waals surface area contributed by atoms with Crippen molar-refractivity contribution < 1.29 is 37.9 Å². The maximum absolute atomic E-state index is 10.9. The minimum absolute atomic E-state index is 0.0783. The molecule has 1 saturated heterocycles. The van der Waals surface area contributed by atoms with E-state index in [-0.39, 0.29) is 44.4 Å². The first-order valence-corrected chi connectivity index (χ1v) is 15.7. The molecule has 6 rings (SSSR count). The highest BCUT2D eigenvalue weighted by molar-refractivity contribution is 5.66. The molecular formula is C35H45N3O8. The van der Waals surface area contributed by atoms with Crippen LogP contribution in [-0.2, 0) is 27.1 Å². The molecule has 0 saturated carbocycles. The highest BCUT2D eigenvalue weighted by atomic mass is 16.7. The van der Waals surface area contributed by atoms with E-state index in [0.717, 1.165) is 39.1 Å². The lowest BCUT2D eigenvalue weighted by Crippen LogP contribution is -2.68. The van der Waals surface area contributed by atoms with Gasteiger partial charge in [-0.25, -0.2) is 0 Å². The van der Waals surface area contributed by atoms with E-state index in [2.05, 4.69) is 35.6 Å². The third-order valence-electron chi connectivity index (χ3n) is 9.99. The van der Waals surface area contributed by atoms with Crippen molar-refractivity contribution >= 4 is 0 Å². The minimum Gasteiger partial charge on any atom is -0.493 e. The second-order valence-corrected chi connectivity index (χ2v) is 12.8. The third-order valence-corrected chi connectivity index (χ3v) is 9.99. The lowest BCUT2D eigenvalue weighted by atomic mass is 9.71. The molecule has 2 aromatic carbocycles. The van der Waals surface area contributed by atoms with Crippen LogP contribution >= 0.6 is 0 Å². The summed E-state index contributed by atoms with van der Waals surface area (Å²) in [5, 5.41) is 10.9. The van der Waals surface area contributed by atoms with E-state index >= 15 is 0 Å². The Kier molecular flexibility index (Phi) is 8.87. The molecule has 5 atom stereocenters. The van der Waals surface area contributed by atoms with Gasteiger partial charge >= 0.3 is 0 Å². The Labute approximate surface area is 271 Å². The summed E-state index contributed by atoms with van der Waals surface area (Å²) < 4.78 is 48.4. The normalized spacial score (nSPS) is 24.8. The smallest absolute Gasteiger partial charge is 0.231 e. The number of piperazine rings is 1. The minimum atomic E-state index is -0.857. The maximum atomic E-state index is 10.9. The van der Waals surface area contributed by atoms with E-state index in [1.54, 1.807) is 27.4 Å². The molecule has 11 heteroatoms. The van der Waals surface area contributed by atoms with E-state index in [1.165, 1.54) is 0 Å². The van der Waals surface area contributed by atoms with Crippen molar-refractivity contribution in [3.05, 3.63) is 52.1 Å². The SMILES string of the molecule is C=CCOc1c(C)c2c(c3c1CC1[C@H]4c5c(cc(C)c(OC)c5OCOC)CC(C(C#N)N1C3COC(C)(C)OC)N4C)OCO2. The van der Waals surface area contributed by atoms with Gasteiger partial charge in [0.1, 0.15) is 18.4 Å². The number of methoxy groups -OCH3 is 3. The summed E-state index contributed by atoms with van der Waals surface area (Å²) in [6, 6.07) is 3.67. The molecule has 4 unspecified atom stereocenters. The summed E-state index contributed by atoms with van der Waals surface area (Å²) in [7, 11) is 7.02. The number of ether oxygens (including phenoxy) is 8. The van der Waals surface area contributed by atoms with Crippen LogP contribution in [0.15, 0.2) is 18.7 Å². The first-order valence-electron chi connectivity index (χ1n) is 15.7. The van der Waals surface area contributed by atoms with Crippen LogP contribution in [0.4, 0.5) is 0 Å². The molecule has 0 N–H and O–H groups in total. The summed E-state index contributed by atoms with van der Waals surface area (Å²) >= 11 is 0. The molecule has 46 heavy (non-hydrogen) atoms. The van der Waals surface area contributed by atoms with Crippen LogP contribution in [0.3, 0.4) is 0 Å². The van der Waals surface area contributed by atoms with Gasteiger partial charge in [0.2, 0.25) is 6.79 Å². The lowest BCUT2D eigenvalue weighted by Gasteiger charge is -2.60. The van der Waals surface area contributed by atoms with Crippen molar-refractivity contribution in [2.24, 2.45) is 0 Å². The average Bonchev–Trinajstić information content (AvgIpc) is 3.53. The van der Waals surface area contributed by atoms with Crippen LogP contribution in [0.5, 0.6) is 28.7 Å². The Bertz CT molecular complexity index is 1550. The number of hydrogen-bond donors (Lipinski definition) is 0. The van der Waals surface area contributed by atoms with Gasteiger partial charge in [0, 0.05) is 48.6 Å². The summed E-state index contributed by atoms with van der Waals surface area (Å²) in [5.41, 5.74) is 6.01. The zero-order chi connectivity index (χ0) is 32.9. The van der Waals surface area contributed by atoms with Gasteiger partial charge in [0.05, 0.1) is 31.9 Å². The van der Waals surface area contributed by atoms with E-state index < -0.39 is 11.8 Å². The van der Waals surface area contributed by atoms with Crippen LogP contribution in [-0.4, -0.2) is 88.9 Å². The standard InChI is InChI=1S/C35H45N3O8/c1-10-11-42-31-20(3)32-34(45-18-44-32)28-22(31)14-24-29-27-21(12-19(2)30(40-8)33(27)43-17-39-7)13-23(37(29)6)25(15-36)38(24)26(28)16-46-35(4,5)41-9/h10,12,23-26,29H,1,11,13-14,16-18H2,2-9H3/t23?,24?,25?,26?,29-/m0/s1. The van der Waals surface area contributed by atoms with Crippen molar-refractivity contribution in [3.8, 4) is 34.8 Å². The molecule has 0 radical (unpaired) electrons. The van der Waals surface area contributed by atoms with Gasteiger partial charge in [-0.05, 0) is 58.7 Å². The molecule has 4 aliphatic heterocycles. The first-order chi connectivity index (χ1) is 22.1. The van der Waals surface area contributed by atoms with Crippen LogP contribution < -0.4 is 23.7 Å². The molecule has 4 aliphatic rings. The summed E-state index contributed by atoms with van der Waals surface area (Å²) in [6.45, 7) is 12.5. The first kappa shape index (κ1) is 32.4. The topological polar surface area (TPSA) is 104 Å². The van der Waals surface area contributed by atoms with Gasteiger partial charge in [0.25, 0.3) is 0 Å². The van der Waals surface area contributed by atoms with Crippen molar-refractivity contribution in [1.82, 2.24) is 9.80 Å². The van der Waals surface area contributed by atoms with Crippen LogP contribution in [0.2, 0.25) is 0 Å². The molecule has 2 bridgehead atoms. The Morgan fingerprint density at radius 1 is 1.04 bits per heavy atom. The Morgan fingerprint density at radius 2 is 1.80 bits per heavy atom. The van der Waals surface area contributed by atoms with E-state index in [1.807, 2.05) is 27.7 Å². The Balaban J connectivity index is 1.61. The molecule has 11 nitrogen and oxygen atoms in total. The van der Waals surface area contributed by atoms with Gasteiger partial charge in [-0.2, -0.15) is 5.26 Å². The van der Waals surface area contributed by atoms with Crippen molar-refractivity contribution in [1.29, 1.82) is 5.26 Å². The Hall–Kier alpha value is -3.53. The number of aryl methyl sites for hydroxylation is 1. The average molecular weight is 636 g/mol. The lowest BCUT2D eigenvalue weighted by molar-refractivity contribution is -0.212. The highest BCUT2D eigenvalue weighted by Gasteiger charge is 2.57. The predicted octanol–water partition coefficient (Wildman–Crippen LogP) is 4.76. The fourth-order valence-corrected chi connectivity index (χ4v) is 7.90. The fraction of sp³-hybridized carbons (Fsp3) is 0.571. The molecule has 0 aliphatic carbocycles. The van der Waals surface area contributed by atoms with E-state index in [4.69, 9.17) is 37.9 Å². The second kappa shape index (κ2) is 12.6. The fourth-order valence-electron chi connectivity index (χ4n) is 7.90. The molecular weight excluding hydrogens is 590 g/mol. The number of benzene rings is 2. The molecule has 0 amide bonds. The van der Waals surface area contributed by atoms with Crippen molar-refractivity contribution in [2.75, 3.05) is 55.2 Å². The maximum Gasteiger partial charge on any atom is 0.231 e. The molecule has 0 spiro atoms. The summed E-state index contributed by atoms with van der Waals surface area (Å²) in [4.78, 5) is 4.69. The highest BCUT2D eigenvalue weighted by Crippen LogP contribution is 2.58. The quantitative estimate of drug-likeness (QED) is 0.252. The van der Waals surface area contributed by atoms with Gasteiger partial charge in [-0.15, -0.1) is 0 Å². The van der Waals surface area contributed by atoms with Gasteiger partial charge in [-0.3, -0.25) is 9.80 Å². The number of nitriles is 1. The Morgan fingerprint density at radius 3 is 2.48 bits per heavy atom. The predicted molar refractivity (Wildman–Crippen MR) is 170 cm³/mol.